The van der Waals surface area contributed by atoms with Gasteiger partial charge in [0.15, 0.2) is 9.84 Å². The Morgan fingerprint density at radius 3 is 2.78 bits per heavy atom. The van der Waals surface area contributed by atoms with Crippen LogP contribution in [0.4, 0.5) is 8.78 Å². The fourth-order valence-electron chi connectivity index (χ4n) is 2.17. The topological polar surface area (TPSA) is 72.5 Å². The predicted molar refractivity (Wildman–Crippen MR) is 83.7 cm³/mol. The molecule has 1 aliphatic rings. The minimum atomic E-state index is -3.20. The second kappa shape index (κ2) is 7.39. The molecule has 1 atom stereocenters. The van der Waals surface area contributed by atoms with Crippen LogP contribution in [0.5, 0.6) is 5.75 Å². The van der Waals surface area contributed by atoms with Gasteiger partial charge in [0, 0.05) is 34.3 Å². The Labute approximate surface area is 140 Å². The quantitative estimate of drug-likeness (QED) is 0.783. The summed E-state index contributed by atoms with van der Waals surface area (Å²) in [4.78, 5) is 11.9. The highest BCUT2D eigenvalue weighted by molar-refractivity contribution is 9.10. The average molecular weight is 410 g/mol. The van der Waals surface area contributed by atoms with Gasteiger partial charge in [0.1, 0.15) is 5.75 Å². The van der Waals surface area contributed by atoms with Crippen molar-refractivity contribution in [2.75, 3.05) is 5.75 Å². The molecule has 1 N–H and O–H groups in total. The second-order valence-electron chi connectivity index (χ2n) is 5.03. The Morgan fingerprint density at radius 2 is 2.17 bits per heavy atom. The number of hydrogen-bond acceptors (Lipinski definition) is 4. The predicted octanol–water partition coefficient (Wildman–Crippen LogP) is 2.62. The van der Waals surface area contributed by atoms with Crippen LogP contribution in [-0.2, 0) is 21.2 Å². The van der Waals surface area contributed by atoms with Crippen LogP contribution >= 0.6 is 15.9 Å². The van der Waals surface area contributed by atoms with Gasteiger partial charge in [-0.2, -0.15) is 8.78 Å². The lowest BCUT2D eigenvalue weighted by Gasteiger charge is -2.13. The summed E-state index contributed by atoms with van der Waals surface area (Å²) in [5, 5.41) is 3.69. The van der Waals surface area contributed by atoms with Gasteiger partial charge in [0.05, 0.1) is 5.75 Å². The van der Waals surface area contributed by atoms with E-state index in [0.29, 0.717) is 10.0 Å². The number of hydrogen-bond donors (Lipinski definition) is 1. The van der Waals surface area contributed by atoms with E-state index >= 15 is 0 Å². The summed E-state index contributed by atoms with van der Waals surface area (Å²) in [7, 11) is -3.20. The number of amides is 1. The molecule has 0 spiro atoms. The van der Waals surface area contributed by atoms with E-state index in [1.54, 1.807) is 12.1 Å². The molecule has 2 rings (SSSR count). The lowest BCUT2D eigenvalue weighted by Crippen LogP contribution is -2.26. The van der Waals surface area contributed by atoms with Gasteiger partial charge in [-0.05, 0) is 18.2 Å². The van der Waals surface area contributed by atoms with Crippen LogP contribution in [0.1, 0.15) is 12.0 Å². The van der Waals surface area contributed by atoms with Crippen LogP contribution in [0, 0.1) is 5.92 Å². The van der Waals surface area contributed by atoms with Gasteiger partial charge in [-0.25, -0.2) is 8.42 Å². The highest BCUT2D eigenvalue weighted by Crippen LogP contribution is 2.25. The molecule has 1 aromatic carbocycles. The Morgan fingerprint density at radius 1 is 1.43 bits per heavy atom. The maximum Gasteiger partial charge on any atom is 0.387 e. The highest BCUT2D eigenvalue weighted by atomic mass is 79.9. The van der Waals surface area contributed by atoms with Crippen molar-refractivity contribution < 1.29 is 26.7 Å². The van der Waals surface area contributed by atoms with Crippen molar-refractivity contribution in [1.29, 1.82) is 0 Å². The third-order valence-corrected chi connectivity index (χ3v) is 5.12. The molecule has 9 heteroatoms. The molecule has 1 aromatic rings. The number of alkyl halides is 2. The Bertz CT molecular complexity index is 721. The second-order valence-corrected chi connectivity index (χ2v) is 7.88. The summed E-state index contributed by atoms with van der Waals surface area (Å²) in [6, 6.07) is 4.50. The Kier molecular flexibility index (Phi) is 5.74. The van der Waals surface area contributed by atoms with Gasteiger partial charge < -0.3 is 10.1 Å². The molecular formula is C14H14BrF2NO4S. The van der Waals surface area contributed by atoms with Gasteiger partial charge in [0.25, 0.3) is 0 Å². The van der Waals surface area contributed by atoms with Crippen molar-refractivity contribution in [3.8, 4) is 5.75 Å². The zero-order chi connectivity index (χ0) is 17.0. The summed E-state index contributed by atoms with van der Waals surface area (Å²) in [5.74, 6) is -0.831. The molecule has 5 nitrogen and oxygen atoms in total. The number of carbonyl (C=O) groups excluding carboxylic acids is 1. The number of allylic oxidation sites excluding steroid dienone is 1. The summed E-state index contributed by atoms with van der Waals surface area (Å²) in [6.07, 6.45) is 1.51. The van der Waals surface area contributed by atoms with E-state index in [0.717, 1.165) is 5.41 Å². The monoisotopic (exact) mass is 409 g/mol. The van der Waals surface area contributed by atoms with Crippen LogP contribution in [0.2, 0.25) is 0 Å². The fraction of sp³-hybridized carbons (Fsp3) is 0.357. The first-order valence-corrected chi connectivity index (χ1v) is 9.17. The summed E-state index contributed by atoms with van der Waals surface area (Å²) >= 11 is 3.22. The van der Waals surface area contributed by atoms with Gasteiger partial charge in [-0.1, -0.05) is 22.0 Å². The lowest BCUT2D eigenvalue weighted by atomic mass is 10.1. The van der Waals surface area contributed by atoms with Gasteiger partial charge >= 0.3 is 6.61 Å². The van der Waals surface area contributed by atoms with E-state index in [1.165, 1.54) is 12.1 Å². The molecule has 0 bridgehead atoms. The first-order chi connectivity index (χ1) is 10.7. The van der Waals surface area contributed by atoms with Crippen molar-refractivity contribution in [3.05, 3.63) is 39.7 Å². The van der Waals surface area contributed by atoms with Crippen molar-refractivity contribution in [3.63, 3.8) is 0 Å². The molecule has 0 saturated carbocycles. The standard InChI is InChI=1S/C14H14BrF2NO4S/c15-11-1-2-12(22-14(16)17)10(6-11)7-18-13(19)5-9-3-4-23(20,21)8-9/h1-4,6,9,14H,5,7-8H2,(H,18,19)/t9-/m1/s1. The van der Waals surface area contributed by atoms with Crippen LogP contribution in [0.3, 0.4) is 0 Å². The molecule has 0 unspecified atom stereocenters. The third kappa shape index (κ3) is 5.58. The highest BCUT2D eigenvalue weighted by Gasteiger charge is 2.23. The van der Waals surface area contributed by atoms with E-state index < -0.39 is 16.4 Å². The number of ether oxygens (including phenoxy) is 1. The molecule has 0 aromatic heterocycles. The number of sulfone groups is 1. The van der Waals surface area contributed by atoms with Gasteiger partial charge in [0.2, 0.25) is 5.91 Å². The summed E-state index contributed by atoms with van der Waals surface area (Å²) < 4.78 is 52.3. The van der Waals surface area contributed by atoms with Crippen molar-refractivity contribution in [1.82, 2.24) is 5.32 Å². The van der Waals surface area contributed by atoms with Gasteiger partial charge in [-0.3, -0.25) is 4.79 Å². The molecule has 1 aliphatic heterocycles. The van der Waals surface area contributed by atoms with Crippen LogP contribution in [-0.4, -0.2) is 26.7 Å². The number of nitrogens with one attached hydrogen (secondary N) is 1. The summed E-state index contributed by atoms with van der Waals surface area (Å²) in [5.41, 5.74) is 0.391. The van der Waals surface area contributed by atoms with E-state index in [2.05, 4.69) is 26.0 Å². The number of carbonyl (C=O) groups is 1. The van der Waals surface area contributed by atoms with Crippen LogP contribution in [0.15, 0.2) is 34.2 Å². The van der Waals surface area contributed by atoms with Crippen molar-refractivity contribution in [2.24, 2.45) is 5.92 Å². The summed E-state index contributed by atoms with van der Waals surface area (Å²) in [6.45, 7) is -2.96. The van der Waals surface area contributed by atoms with Crippen LogP contribution < -0.4 is 10.1 Å². The first-order valence-electron chi connectivity index (χ1n) is 6.66. The zero-order valence-corrected chi connectivity index (χ0v) is 14.2. The van der Waals surface area contributed by atoms with E-state index in [-0.39, 0.29) is 36.3 Å². The Hall–Kier alpha value is -1.48. The minimum Gasteiger partial charge on any atom is -0.434 e. The molecule has 23 heavy (non-hydrogen) atoms. The largest absolute Gasteiger partial charge is 0.434 e. The van der Waals surface area contributed by atoms with Crippen LogP contribution in [0.25, 0.3) is 0 Å². The zero-order valence-electron chi connectivity index (χ0n) is 11.8. The SMILES string of the molecule is O=C(C[C@H]1C=CS(=O)(=O)C1)NCc1cc(Br)ccc1OC(F)F. The average Bonchev–Trinajstić information content (AvgIpc) is 2.77. The number of halogens is 3. The molecule has 0 fully saturated rings. The van der Waals surface area contributed by atoms with E-state index in [4.69, 9.17) is 0 Å². The molecule has 0 saturated heterocycles. The normalized spacial score (nSPS) is 19.0. The van der Waals surface area contributed by atoms with E-state index in [9.17, 15) is 22.0 Å². The molecule has 0 aliphatic carbocycles. The van der Waals surface area contributed by atoms with E-state index in [1.807, 2.05) is 0 Å². The molecule has 126 valence electrons. The Balaban J connectivity index is 1.94. The molecular weight excluding hydrogens is 396 g/mol. The third-order valence-electron chi connectivity index (χ3n) is 3.17. The smallest absolute Gasteiger partial charge is 0.387 e. The number of benzene rings is 1. The lowest BCUT2D eigenvalue weighted by molar-refractivity contribution is -0.121. The maximum absolute atomic E-state index is 12.4. The van der Waals surface area contributed by atoms with Crippen molar-refractivity contribution >= 4 is 31.7 Å². The minimum absolute atomic E-state index is 0.00348. The van der Waals surface area contributed by atoms with Gasteiger partial charge in [-0.15, -0.1) is 0 Å². The maximum atomic E-state index is 12.4. The fourth-order valence-corrected chi connectivity index (χ4v) is 3.98. The molecule has 1 amide bonds. The number of rotatable bonds is 6. The molecule has 0 radical (unpaired) electrons. The first kappa shape index (κ1) is 17.9. The molecule has 1 heterocycles. The van der Waals surface area contributed by atoms with Crippen molar-refractivity contribution in [2.45, 2.75) is 19.6 Å².